The molecule has 0 aliphatic heterocycles. The molecule has 0 aromatic heterocycles. The molecule has 0 heterocycles. The van der Waals surface area contributed by atoms with E-state index in [2.05, 4.69) is 86.8 Å². The number of allylic oxidation sites excluding steroid dienone is 4. The molecular formula is C24H22. The van der Waals surface area contributed by atoms with Crippen LogP contribution in [0.25, 0.3) is 33.0 Å². The Labute approximate surface area is 144 Å². The molecule has 0 unspecified atom stereocenters. The first-order valence-corrected chi connectivity index (χ1v) is 8.23. The Bertz CT molecular complexity index is 937. The second kappa shape index (κ2) is 6.72. The maximum atomic E-state index is 4.01. The molecule has 3 rings (SSSR count). The highest BCUT2D eigenvalue weighted by Crippen LogP contribution is 2.34. The van der Waals surface area contributed by atoms with E-state index in [0.717, 1.165) is 11.1 Å². The van der Waals surface area contributed by atoms with Crippen LogP contribution in [0.4, 0.5) is 0 Å². The van der Waals surface area contributed by atoms with Gasteiger partial charge in [-0.25, -0.2) is 0 Å². The zero-order valence-electron chi connectivity index (χ0n) is 14.3. The van der Waals surface area contributed by atoms with E-state index in [4.69, 9.17) is 0 Å². The third-order valence-electron chi connectivity index (χ3n) is 4.45. The molecule has 0 aliphatic rings. The molecule has 0 amide bonds. The molecule has 3 aromatic carbocycles. The average molecular weight is 310 g/mol. The first kappa shape index (κ1) is 16.0. The normalized spacial score (nSPS) is 11.5. The zero-order valence-corrected chi connectivity index (χ0v) is 14.3. The Morgan fingerprint density at radius 1 is 0.875 bits per heavy atom. The van der Waals surface area contributed by atoms with Gasteiger partial charge in [0.1, 0.15) is 0 Å². The summed E-state index contributed by atoms with van der Waals surface area (Å²) in [5.74, 6) is 0. The van der Waals surface area contributed by atoms with E-state index < -0.39 is 0 Å². The standard InChI is InChI=1S/C24H22/c1-5-18(6-2)21-15-16-22(24-10-8-7-9-23(21)24)20-13-11-19(12-14-20)17(3)4/h5-16H,1,3H2,2,4H3/b18-6+. The van der Waals surface area contributed by atoms with E-state index in [1.165, 1.54) is 33.0 Å². The Balaban J connectivity index is 2.22. The molecule has 0 saturated heterocycles. The predicted molar refractivity (Wildman–Crippen MR) is 108 cm³/mol. The molecule has 24 heavy (non-hydrogen) atoms. The Kier molecular flexibility index (Phi) is 4.48. The lowest BCUT2D eigenvalue weighted by Crippen LogP contribution is -1.88. The summed E-state index contributed by atoms with van der Waals surface area (Å²) in [4.78, 5) is 0. The molecule has 0 N–H and O–H groups in total. The molecule has 3 aromatic rings. The molecule has 0 atom stereocenters. The zero-order chi connectivity index (χ0) is 17.1. The summed E-state index contributed by atoms with van der Waals surface area (Å²) in [6.07, 6.45) is 4.03. The number of hydrogen-bond acceptors (Lipinski definition) is 0. The summed E-state index contributed by atoms with van der Waals surface area (Å²) in [6, 6.07) is 21.6. The number of rotatable bonds is 4. The van der Waals surface area contributed by atoms with E-state index in [-0.39, 0.29) is 0 Å². The van der Waals surface area contributed by atoms with E-state index in [1.807, 2.05) is 13.0 Å². The first-order chi connectivity index (χ1) is 11.7. The van der Waals surface area contributed by atoms with Crippen molar-refractivity contribution in [2.45, 2.75) is 13.8 Å². The SMILES string of the molecule is C=C/C(=C\C)c1ccc(-c2ccc(C(=C)C)cc2)c2ccccc12. The van der Waals surface area contributed by atoms with Crippen LogP contribution in [-0.2, 0) is 0 Å². The molecule has 0 fully saturated rings. The Morgan fingerprint density at radius 3 is 2.12 bits per heavy atom. The van der Waals surface area contributed by atoms with E-state index >= 15 is 0 Å². The van der Waals surface area contributed by atoms with Crippen LogP contribution in [-0.4, -0.2) is 0 Å². The highest BCUT2D eigenvalue weighted by atomic mass is 14.1. The third kappa shape index (κ3) is 2.83. The minimum absolute atomic E-state index is 1.09. The van der Waals surface area contributed by atoms with Crippen molar-refractivity contribution in [1.82, 2.24) is 0 Å². The van der Waals surface area contributed by atoms with Crippen LogP contribution in [0.15, 0.2) is 86.0 Å². The number of fused-ring (bicyclic) bond motifs is 1. The predicted octanol–water partition coefficient (Wildman–Crippen LogP) is 7.13. The fraction of sp³-hybridized carbons (Fsp3) is 0.0833. The molecular weight excluding hydrogens is 288 g/mol. The van der Waals surface area contributed by atoms with Crippen molar-refractivity contribution < 1.29 is 0 Å². The minimum Gasteiger partial charge on any atom is -0.0985 e. The lowest BCUT2D eigenvalue weighted by molar-refractivity contribution is 1.56. The highest BCUT2D eigenvalue weighted by Gasteiger charge is 2.09. The van der Waals surface area contributed by atoms with Gasteiger partial charge in [0.05, 0.1) is 0 Å². The third-order valence-corrected chi connectivity index (χ3v) is 4.45. The molecule has 0 bridgehead atoms. The van der Waals surface area contributed by atoms with Gasteiger partial charge in [-0.15, -0.1) is 0 Å². The fourth-order valence-electron chi connectivity index (χ4n) is 3.12. The van der Waals surface area contributed by atoms with Gasteiger partial charge in [-0.1, -0.05) is 91.5 Å². The summed E-state index contributed by atoms with van der Waals surface area (Å²) in [7, 11) is 0. The Hall–Kier alpha value is -2.86. The lowest BCUT2D eigenvalue weighted by atomic mass is 9.91. The maximum absolute atomic E-state index is 4.01. The van der Waals surface area contributed by atoms with E-state index in [1.54, 1.807) is 0 Å². The summed E-state index contributed by atoms with van der Waals surface area (Å²) < 4.78 is 0. The number of benzene rings is 3. The van der Waals surface area contributed by atoms with Gasteiger partial charge in [0.25, 0.3) is 0 Å². The van der Waals surface area contributed by atoms with Crippen molar-refractivity contribution >= 4 is 21.9 Å². The van der Waals surface area contributed by atoms with Gasteiger partial charge in [-0.2, -0.15) is 0 Å². The summed E-state index contributed by atoms with van der Waals surface area (Å²) in [6.45, 7) is 12.0. The maximum Gasteiger partial charge on any atom is -0.00992 e. The highest BCUT2D eigenvalue weighted by molar-refractivity contribution is 6.03. The first-order valence-electron chi connectivity index (χ1n) is 8.23. The van der Waals surface area contributed by atoms with Crippen molar-refractivity contribution in [2.24, 2.45) is 0 Å². The van der Waals surface area contributed by atoms with Gasteiger partial charge in [-0.05, 0) is 52.4 Å². The van der Waals surface area contributed by atoms with Crippen molar-refractivity contribution in [3.63, 3.8) is 0 Å². The van der Waals surface area contributed by atoms with Crippen molar-refractivity contribution in [1.29, 1.82) is 0 Å². The van der Waals surface area contributed by atoms with Gasteiger partial charge in [0.15, 0.2) is 0 Å². The topological polar surface area (TPSA) is 0 Å². The molecule has 0 aliphatic carbocycles. The van der Waals surface area contributed by atoms with Gasteiger partial charge in [-0.3, -0.25) is 0 Å². The molecule has 0 spiro atoms. The van der Waals surface area contributed by atoms with Crippen LogP contribution >= 0.6 is 0 Å². The van der Waals surface area contributed by atoms with Gasteiger partial charge >= 0.3 is 0 Å². The fourth-order valence-corrected chi connectivity index (χ4v) is 3.12. The molecule has 0 radical (unpaired) electrons. The van der Waals surface area contributed by atoms with Gasteiger partial charge in [0.2, 0.25) is 0 Å². The van der Waals surface area contributed by atoms with Crippen LogP contribution in [0.2, 0.25) is 0 Å². The molecule has 0 nitrogen and oxygen atoms in total. The van der Waals surface area contributed by atoms with Crippen LogP contribution in [0.1, 0.15) is 25.0 Å². The monoisotopic (exact) mass is 310 g/mol. The van der Waals surface area contributed by atoms with Crippen molar-refractivity contribution in [3.8, 4) is 11.1 Å². The summed E-state index contributed by atoms with van der Waals surface area (Å²) in [5.41, 5.74) is 7.14. The molecule has 0 heteroatoms. The summed E-state index contributed by atoms with van der Waals surface area (Å²) in [5, 5.41) is 2.52. The lowest BCUT2D eigenvalue weighted by Gasteiger charge is -2.13. The second-order valence-electron chi connectivity index (χ2n) is 6.01. The minimum atomic E-state index is 1.09. The second-order valence-corrected chi connectivity index (χ2v) is 6.01. The van der Waals surface area contributed by atoms with Gasteiger partial charge in [0, 0.05) is 0 Å². The quantitative estimate of drug-likeness (QED) is 0.450. The van der Waals surface area contributed by atoms with Crippen molar-refractivity contribution in [2.75, 3.05) is 0 Å². The van der Waals surface area contributed by atoms with E-state index in [9.17, 15) is 0 Å². The van der Waals surface area contributed by atoms with Gasteiger partial charge < -0.3 is 0 Å². The van der Waals surface area contributed by atoms with E-state index in [0.29, 0.717) is 0 Å². The van der Waals surface area contributed by atoms with Crippen LogP contribution < -0.4 is 0 Å². The molecule has 0 saturated carbocycles. The Morgan fingerprint density at radius 2 is 1.54 bits per heavy atom. The molecule has 118 valence electrons. The van der Waals surface area contributed by atoms with Crippen LogP contribution in [0.3, 0.4) is 0 Å². The average Bonchev–Trinajstić information content (AvgIpc) is 2.63. The summed E-state index contributed by atoms with van der Waals surface area (Å²) >= 11 is 0. The largest absolute Gasteiger partial charge is 0.0985 e. The van der Waals surface area contributed by atoms with Crippen LogP contribution in [0, 0.1) is 0 Å². The smallest absolute Gasteiger partial charge is 0.00992 e. The van der Waals surface area contributed by atoms with Crippen molar-refractivity contribution in [3.05, 3.63) is 97.1 Å². The van der Waals surface area contributed by atoms with Crippen LogP contribution in [0.5, 0.6) is 0 Å². The number of hydrogen-bond donors (Lipinski definition) is 0.